The number of carbonyl (C=O) groups excluding carboxylic acids is 2. The molecule has 3 aromatic carbocycles. The van der Waals surface area contributed by atoms with Gasteiger partial charge in [0.05, 0.1) is 17.4 Å². The van der Waals surface area contributed by atoms with Crippen LogP contribution in [0, 0.1) is 5.92 Å². The van der Waals surface area contributed by atoms with Crippen LogP contribution in [0.3, 0.4) is 0 Å². The third-order valence-corrected chi connectivity index (χ3v) is 7.03. The van der Waals surface area contributed by atoms with Crippen molar-refractivity contribution in [1.29, 1.82) is 0 Å². The summed E-state index contributed by atoms with van der Waals surface area (Å²) in [6.07, 6.45) is -0.350. The van der Waals surface area contributed by atoms with E-state index in [1.54, 1.807) is 11.0 Å². The third-order valence-electron chi connectivity index (χ3n) is 5.71. The molecule has 1 fully saturated rings. The number of amides is 2. The van der Waals surface area contributed by atoms with Gasteiger partial charge in [0.15, 0.2) is 5.17 Å². The SMILES string of the molecule is O=C(CSC1=NC2NNCC2C(=O)N1c1cccc2ccccc12)NCc1ccccc1Cl. The Hall–Kier alpha value is -2.91. The lowest BCUT2D eigenvalue weighted by atomic mass is 10.0. The Morgan fingerprint density at radius 3 is 2.79 bits per heavy atom. The number of hydrogen-bond acceptors (Lipinski definition) is 6. The van der Waals surface area contributed by atoms with E-state index in [4.69, 9.17) is 16.6 Å². The molecule has 9 heteroatoms. The highest BCUT2D eigenvalue weighted by atomic mass is 35.5. The van der Waals surface area contributed by atoms with Crippen molar-refractivity contribution in [1.82, 2.24) is 16.2 Å². The van der Waals surface area contributed by atoms with Crippen molar-refractivity contribution >= 4 is 56.8 Å². The molecule has 168 valence electrons. The molecule has 3 aromatic rings. The fraction of sp³-hybridized carbons (Fsp3) is 0.208. The van der Waals surface area contributed by atoms with Gasteiger partial charge in [0.25, 0.3) is 0 Å². The van der Waals surface area contributed by atoms with Gasteiger partial charge in [-0.1, -0.05) is 78.0 Å². The Kier molecular flexibility index (Phi) is 6.32. The van der Waals surface area contributed by atoms with Gasteiger partial charge in [-0.05, 0) is 23.1 Å². The highest BCUT2D eigenvalue weighted by Gasteiger charge is 2.42. The Labute approximate surface area is 200 Å². The zero-order valence-corrected chi connectivity index (χ0v) is 19.2. The van der Waals surface area contributed by atoms with Gasteiger partial charge in [-0.2, -0.15) is 0 Å². The van der Waals surface area contributed by atoms with Gasteiger partial charge in [0.1, 0.15) is 6.17 Å². The number of nitrogens with one attached hydrogen (secondary N) is 3. The van der Waals surface area contributed by atoms with Gasteiger partial charge >= 0.3 is 0 Å². The molecule has 2 aliphatic rings. The number of hydrogen-bond donors (Lipinski definition) is 3. The number of rotatable bonds is 5. The summed E-state index contributed by atoms with van der Waals surface area (Å²) in [6, 6.07) is 21.2. The monoisotopic (exact) mass is 479 g/mol. The fourth-order valence-electron chi connectivity index (χ4n) is 4.01. The maximum atomic E-state index is 13.5. The molecule has 5 rings (SSSR count). The van der Waals surface area contributed by atoms with E-state index in [0.29, 0.717) is 23.3 Å². The molecule has 3 N–H and O–H groups in total. The number of fused-ring (bicyclic) bond motifs is 2. The molecule has 2 unspecified atom stereocenters. The number of benzene rings is 3. The molecule has 7 nitrogen and oxygen atoms in total. The Bertz CT molecular complexity index is 1250. The second-order valence-corrected chi connectivity index (χ2v) is 9.17. The summed E-state index contributed by atoms with van der Waals surface area (Å²) < 4.78 is 0. The first kappa shape index (κ1) is 21.9. The summed E-state index contributed by atoms with van der Waals surface area (Å²) in [6.45, 7) is 0.845. The number of thioether (sulfide) groups is 1. The van der Waals surface area contributed by atoms with Crippen molar-refractivity contribution in [3.05, 3.63) is 77.3 Å². The van der Waals surface area contributed by atoms with Crippen molar-refractivity contribution in [2.24, 2.45) is 10.9 Å². The first-order chi connectivity index (χ1) is 16.1. The molecule has 0 saturated carbocycles. The number of carbonyl (C=O) groups is 2. The zero-order chi connectivity index (χ0) is 22.8. The van der Waals surface area contributed by atoms with E-state index < -0.39 is 0 Å². The number of aliphatic imine (C=N–C) groups is 1. The highest BCUT2D eigenvalue weighted by Crippen LogP contribution is 2.34. The van der Waals surface area contributed by atoms with E-state index in [0.717, 1.165) is 22.0 Å². The molecule has 0 bridgehead atoms. The van der Waals surface area contributed by atoms with E-state index >= 15 is 0 Å². The molecule has 2 amide bonds. The van der Waals surface area contributed by atoms with Crippen LogP contribution in [0.1, 0.15) is 5.56 Å². The van der Waals surface area contributed by atoms with Crippen LogP contribution in [0.15, 0.2) is 71.7 Å². The molecular weight excluding hydrogens is 458 g/mol. The summed E-state index contributed by atoms with van der Waals surface area (Å²) in [5.74, 6) is -0.374. The lowest BCUT2D eigenvalue weighted by molar-refractivity contribution is -0.121. The highest BCUT2D eigenvalue weighted by molar-refractivity contribution is 8.14. The molecule has 2 heterocycles. The topological polar surface area (TPSA) is 85.8 Å². The molecule has 0 aromatic heterocycles. The molecular formula is C24H22ClN5O2S. The molecule has 2 aliphatic heterocycles. The molecule has 0 aliphatic carbocycles. The molecule has 0 spiro atoms. The van der Waals surface area contributed by atoms with Crippen LogP contribution in [-0.2, 0) is 16.1 Å². The lowest BCUT2D eigenvalue weighted by Gasteiger charge is -2.33. The maximum absolute atomic E-state index is 13.5. The summed E-state index contributed by atoms with van der Waals surface area (Å²) in [5, 5.41) is 6.00. The normalized spacial score (nSPS) is 20.0. The lowest BCUT2D eigenvalue weighted by Crippen LogP contribution is -2.49. The van der Waals surface area contributed by atoms with E-state index in [-0.39, 0.29) is 29.7 Å². The fourth-order valence-corrected chi connectivity index (χ4v) is 5.08. The molecule has 0 radical (unpaired) electrons. The summed E-state index contributed by atoms with van der Waals surface area (Å²) in [5.41, 5.74) is 7.70. The summed E-state index contributed by atoms with van der Waals surface area (Å²) in [7, 11) is 0. The summed E-state index contributed by atoms with van der Waals surface area (Å²) in [4.78, 5) is 32.5. The Balaban J connectivity index is 1.37. The predicted octanol–water partition coefficient (Wildman–Crippen LogP) is 3.30. The Morgan fingerprint density at radius 1 is 1.12 bits per heavy atom. The quantitative estimate of drug-likeness (QED) is 0.523. The minimum Gasteiger partial charge on any atom is -0.351 e. The van der Waals surface area contributed by atoms with Crippen molar-refractivity contribution in [2.75, 3.05) is 17.2 Å². The molecule has 2 atom stereocenters. The van der Waals surface area contributed by atoms with Crippen LogP contribution in [0.5, 0.6) is 0 Å². The van der Waals surface area contributed by atoms with Crippen molar-refractivity contribution in [2.45, 2.75) is 12.7 Å². The average Bonchev–Trinajstić information content (AvgIpc) is 3.31. The first-order valence-corrected chi connectivity index (χ1v) is 12.0. The van der Waals surface area contributed by atoms with Gasteiger partial charge in [0, 0.05) is 23.5 Å². The first-order valence-electron chi connectivity index (χ1n) is 10.6. The van der Waals surface area contributed by atoms with Gasteiger partial charge in [-0.25, -0.2) is 10.4 Å². The third kappa shape index (κ3) is 4.47. The smallest absolute Gasteiger partial charge is 0.241 e. The van der Waals surface area contributed by atoms with Crippen molar-refractivity contribution < 1.29 is 9.59 Å². The minimum absolute atomic E-state index is 0.0390. The van der Waals surface area contributed by atoms with Crippen molar-refractivity contribution in [3.8, 4) is 0 Å². The number of halogens is 1. The molecule has 33 heavy (non-hydrogen) atoms. The van der Waals surface area contributed by atoms with E-state index in [2.05, 4.69) is 16.2 Å². The maximum Gasteiger partial charge on any atom is 0.241 e. The van der Waals surface area contributed by atoms with Gasteiger partial charge in [0.2, 0.25) is 11.8 Å². The van der Waals surface area contributed by atoms with E-state index in [1.165, 1.54) is 11.8 Å². The van der Waals surface area contributed by atoms with Gasteiger partial charge in [-0.3, -0.25) is 19.9 Å². The van der Waals surface area contributed by atoms with Crippen LogP contribution in [0.4, 0.5) is 5.69 Å². The van der Waals surface area contributed by atoms with Gasteiger partial charge in [-0.15, -0.1) is 0 Å². The number of amidine groups is 1. The minimum atomic E-state index is -0.350. The van der Waals surface area contributed by atoms with E-state index in [1.807, 2.05) is 60.7 Å². The second-order valence-electron chi connectivity index (χ2n) is 7.82. The van der Waals surface area contributed by atoms with Crippen LogP contribution in [0.25, 0.3) is 10.8 Å². The van der Waals surface area contributed by atoms with Crippen molar-refractivity contribution in [3.63, 3.8) is 0 Å². The largest absolute Gasteiger partial charge is 0.351 e. The molecule has 1 saturated heterocycles. The zero-order valence-electron chi connectivity index (χ0n) is 17.6. The van der Waals surface area contributed by atoms with Crippen LogP contribution >= 0.6 is 23.4 Å². The Morgan fingerprint density at radius 2 is 1.91 bits per heavy atom. The van der Waals surface area contributed by atoms with Gasteiger partial charge < -0.3 is 5.32 Å². The van der Waals surface area contributed by atoms with Crippen LogP contribution in [0.2, 0.25) is 5.02 Å². The number of anilines is 1. The summed E-state index contributed by atoms with van der Waals surface area (Å²) >= 11 is 7.43. The van der Waals surface area contributed by atoms with E-state index in [9.17, 15) is 9.59 Å². The van der Waals surface area contributed by atoms with Crippen LogP contribution < -0.4 is 21.1 Å². The number of hydrazine groups is 1. The predicted molar refractivity (Wildman–Crippen MR) is 133 cm³/mol. The van der Waals surface area contributed by atoms with Crippen LogP contribution in [-0.4, -0.2) is 35.4 Å². The average molecular weight is 480 g/mol. The standard InChI is InChI=1S/C24H22ClN5O2S/c25-19-10-4-2-7-16(19)12-26-21(31)14-33-24-28-22-18(13-27-29-22)23(32)30(24)20-11-5-8-15-6-1-3-9-17(15)20/h1-11,18,22,27,29H,12-14H2,(H,26,31). The second kappa shape index (κ2) is 9.52. The number of nitrogens with zero attached hydrogens (tertiary/aromatic N) is 2.